The van der Waals surface area contributed by atoms with Gasteiger partial charge in [0.15, 0.2) is 0 Å². The third kappa shape index (κ3) is 3.18. The highest BCUT2D eigenvalue weighted by molar-refractivity contribution is 5.92. The fraction of sp³-hybridized carbons (Fsp3) is 0.250. The van der Waals surface area contributed by atoms with Gasteiger partial charge < -0.3 is 15.5 Å². The summed E-state index contributed by atoms with van der Waals surface area (Å²) in [7, 11) is 0. The van der Waals surface area contributed by atoms with E-state index in [0.29, 0.717) is 5.56 Å². The third-order valence-corrected chi connectivity index (χ3v) is 4.08. The first-order valence-corrected chi connectivity index (χ1v) is 7.09. The predicted octanol–water partition coefficient (Wildman–Crippen LogP) is 1.72. The Labute approximate surface area is 137 Å². The van der Waals surface area contributed by atoms with Crippen LogP contribution in [-0.4, -0.2) is 32.6 Å². The molecule has 1 aromatic carbocycles. The monoisotopic (exact) mass is 332 g/mol. The second-order valence-corrected chi connectivity index (χ2v) is 5.53. The number of nitro benzene ring substituents is 1. The number of benzene rings is 1. The normalized spacial score (nSPS) is 22.7. The Morgan fingerprint density at radius 1 is 1.33 bits per heavy atom. The average molecular weight is 332 g/mol. The molecule has 8 nitrogen and oxygen atoms in total. The Morgan fingerprint density at radius 3 is 2.58 bits per heavy atom. The number of nitrogens with one attached hydrogen (secondary N) is 1. The Kier molecular flexibility index (Phi) is 4.79. The minimum Gasteiger partial charge on any atom is -0.481 e. The highest BCUT2D eigenvalue weighted by Gasteiger charge is 2.44. The van der Waals surface area contributed by atoms with Gasteiger partial charge in [0.1, 0.15) is 0 Å². The van der Waals surface area contributed by atoms with Crippen LogP contribution in [0, 0.1) is 16.0 Å². The Balaban J connectivity index is 2.35. The average Bonchev–Trinajstić information content (AvgIpc) is 2.52. The Morgan fingerprint density at radius 2 is 2.00 bits per heavy atom. The first-order valence-electron chi connectivity index (χ1n) is 7.09. The molecule has 0 saturated heterocycles. The summed E-state index contributed by atoms with van der Waals surface area (Å²) < 4.78 is 0. The fourth-order valence-corrected chi connectivity index (χ4v) is 2.74. The van der Waals surface area contributed by atoms with E-state index in [0.717, 1.165) is 0 Å². The predicted molar refractivity (Wildman–Crippen MR) is 84.3 cm³/mol. The van der Waals surface area contributed by atoms with Crippen molar-refractivity contribution in [1.82, 2.24) is 5.32 Å². The lowest BCUT2D eigenvalue weighted by Crippen LogP contribution is -2.54. The van der Waals surface area contributed by atoms with Crippen LogP contribution in [0.25, 0.3) is 0 Å². The number of carboxylic acids is 2. The van der Waals surface area contributed by atoms with Gasteiger partial charge in [0.25, 0.3) is 5.69 Å². The first kappa shape index (κ1) is 17.4. The van der Waals surface area contributed by atoms with Gasteiger partial charge in [0.2, 0.25) is 0 Å². The lowest BCUT2D eigenvalue weighted by atomic mass is 9.75. The van der Waals surface area contributed by atoms with Crippen LogP contribution in [-0.2, 0) is 16.1 Å². The molecule has 2 rings (SSSR count). The number of nitro groups is 1. The van der Waals surface area contributed by atoms with Crippen molar-refractivity contribution in [2.75, 3.05) is 0 Å². The summed E-state index contributed by atoms with van der Waals surface area (Å²) in [5.74, 6) is -3.55. The molecule has 126 valence electrons. The summed E-state index contributed by atoms with van der Waals surface area (Å²) in [4.78, 5) is 33.5. The van der Waals surface area contributed by atoms with Crippen LogP contribution in [0.4, 0.5) is 5.69 Å². The van der Waals surface area contributed by atoms with E-state index < -0.39 is 28.3 Å². The van der Waals surface area contributed by atoms with Crippen LogP contribution in [0.5, 0.6) is 0 Å². The van der Waals surface area contributed by atoms with E-state index in [1.165, 1.54) is 43.4 Å². The van der Waals surface area contributed by atoms with Gasteiger partial charge in [0, 0.05) is 18.2 Å². The second kappa shape index (κ2) is 6.63. The number of rotatable bonds is 6. The van der Waals surface area contributed by atoms with E-state index >= 15 is 0 Å². The van der Waals surface area contributed by atoms with Crippen molar-refractivity contribution in [2.24, 2.45) is 5.92 Å². The minimum atomic E-state index is -1.41. The zero-order valence-corrected chi connectivity index (χ0v) is 12.8. The van der Waals surface area contributed by atoms with E-state index in [4.69, 9.17) is 0 Å². The molecule has 2 atom stereocenters. The van der Waals surface area contributed by atoms with Gasteiger partial charge in [-0.15, -0.1) is 0 Å². The van der Waals surface area contributed by atoms with Crippen molar-refractivity contribution in [3.63, 3.8) is 0 Å². The van der Waals surface area contributed by atoms with E-state index in [9.17, 15) is 29.9 Å². The molecule has 0 amide bonds. The number of aliphatic carboxylic acids is 2. The van der Waals surface area contributed by atoms with Crippen molar-refractivity contribution in [1.29, 1.82) is 0 Å². The number of hydrogen-bond donors (Lipinski definition) is 3. The zero-order valence-electron chi connectivity index (χ0n) is 12.8. The molecular weight excluding hydrogens is 316 g/mol. The molecule has 0 aromatic heterocycles. The molecule has 0 fully saturated rings. The van der Waals surface area contributed by atoms with Crippen LogP contribution in [0.1, 0.15) is 12.5 Å². The molecule has 1 aliphatic rings. The summed E-state index contributed by atoms with van der Waals surface area (Å²) in [5.41, 5.74) is -1.30. The van der Waals surface area contributed by atoms with Crippen LogP contribution >= 0.6 is 0 Å². The number of carbonyl (C=O) groups is 2. The van der Waals surface area contributed by atoms with Crippen LogP contribution < -0.4 is 5.32 Å². The van der Waals surface area contributed by atoms with E-state index in [2.05, 4.69) is 5.32 Å². The van der Waals surface area contributed by atoms with Gasteiger partial charge in [-0.05, 0) is 6.92 Å². The molecule has 0 radical (unpaired) electrons. The summed E-state index contributed by atoms with van der Waals surface area (Å²) in [5, 5.41) is 32.7. The largest absolute Gasteiger partial charge is 0.481 e. The maximum atomic E-state index is 11.5. The summed E-state index contributed by atoms with van der Waals surface area (Å²) in [6.07, 6.45) is 4.10. The lowest BCUT2D eigenvalue weighted by molar-refractivity contribution is -0.385. The van der Waals surface area contributed by atoms with Crippen molar-refractivity contribution >= 4 is 17.6 Å². The Hall–Kier alpha value is -3.00. The van der Waals surface area contributed by atoms with Crippen LogP contribution in [0.2, 0.25) is 0 Å². The SMILES string of the molecule is CC1(NCc2ccccc2[N+](=O)[O-])C(C(=O)O)=CC=CC1C(=O)O. The number of para-hydroxylation sites is 1. The maximum absolute atomic E-state index is 11.5. The molecule has 1 aromatic rings. The molecule has 0 heterocycles. The molecule has 1 aliphatic carbocycles. The van der Waals surface area contributed by atoms with Crippen molar-refractivity contribution < 1.29 is 24.7 Å². The summed E-state index contributed by atoms with van der Waals surface area (Å²) in [6.45, 7) is 1.42. The standard InChI is InChI=1S/C16H16N2O6/c1-16(11(14(19)20)6-4-7-12(16)15(21)22)17-9-10-5-2-3-8-13(10)18(23)24/h2-8,11,17H,9H2,1H3,(H,19,20)(H,21,22). The molecule has 2 unspecified atom stereocenters. The second-order valence-electron chi connectivity index (χ2n) is 5.53. The molecule has 0 bridgehead atoms. The highest BCUT2D eigenvalue weighted by atomic mass is 16.6. The molecule has 3 N–H and O–H groups in total. The number of carboxylic acid groups (broad SMARTS) is 2. The van der Waals surface area contributed by atoms with Gasteiger partial charge in [-0.1, -0.05) is 36.4 Å². The molecule has 24 heavy (non-hydrogen) atoms. The van der Waals surface area contributed by atoms with Gasteiger partial charge >= 0.3 is 11.9 Å². The molecule has 8 heteroatoms. The Bertz CT molecular complexity index is 755. The van der Waals surface area contributed by atoms with Gasteiger partial charge in [-0.3, -0.25) is 14.9 Å². The lowest BCUT2D eigenvalue weighted by Gasteiger charge is -2.37. The van der Waals surface area contributed by atoms with Crippen LogP contribution in [0.15, 0.2) is 48.1 Å². The van der Waals surface area contributed by atoms with Gasteiger partial charge in [-0.2, -0.15) is 0 Å². The maximum Gasteiger partial charge on any atom is 0.333 e. The molecule has 0 aliphatic heterocycles. The fourth-order valence-electron chi connectivity index (χ4n) is 2.74. The highest BCUT2D eigenvalue weighted by Crippen LogP contribution is 2.32. The number of nitrogens with zero attached hydrogens (tertiary/aromatic N) is 1. The molecular formula is C16H16N2O6. The van der Waals surface area contributed by atoms with Crippen LogP contribution in [0.3, 0.4) is 0 Å². The number of hydrogen-bond acceptors (Lipinski definition) is 5. The zero-order chi connectivity index (χ0) is 17.9. The van der Waals surface area contributed by atoms with E-state index in [1.54, 1.807) is 6.07 Å². The minimum absolute atomic E-state index is 0.0457. The first-order chi connectivity index (χ1) is 11.3. The van der Waals surface area contributed by atoms with Gasteiger partial charge in [-0.25, -0.2) is 4.79 Å². The number of allylic oxidation sites excluding steroid dienone is 2. The van der Waals surface area contributed by atoms with Crippen molar-refractivity contribution in [3.05, 3.63) is 63.7 Å². The smallest absolute Gasteiger partial charge is 0.333 e. The third-order valence-electron chi connectivity index (χ3n) is 4.08. The molecule has 0 spiro atoms. The van der Waals surface area contributed by atoms with Crippen molar-refractivity contribution in [2.45, 2.75) is 19.0 Å². The topological polar surface area (TPSA) is 130 Å². The summed E-state index contributed by atoms with van der Waals surface area (Å²) in [6, 6.07) is 6.01. The molecule has 0 saturated carbocycles. The van der Waals surface area contributed by atoms with E-state index in [1.807, 2.05) is 0 Å². The van der Waals surface area contributed by atoms with E-state index in [-0.39, 0.29) is 17.8 Å². The quantitative estimate of drug-likeness (QED) is 0.534. The summed E-state index contributed by atoms with van der Waals surface area (Å²) >= 11 is 0. The van der Waals surface area contributed by atoms with Gasteiger partial charge in [0.05, 0.1) is 22.0 Å². The van der Waals surface area contributed by atoms with Crippen molar-refractivity contribution in [3.8, 4) is 0 Å².